The summed E-state index contributed by atoms with van der Waals surface area (Å²) < 4.78 is 37.1. The molecule has 2 amide bonds. The van der Waals surface area contributed by atoms with Gasteiger partial charge < -0.3 is 10.6 Å². The van der Waals surface area contributed by atoms with Gasteiger partial charge in [-0.15, -0.1) is 0 Å². The maximum atomic E-state index is 12.4. The number of nitrogens with zero attached hydrogens (tertiary/aromatic N) is 1. The molecule has 92 valence electrons. The second-order valence-corrected chi connectivity index (χ2v) is 3.82. The van der Waals surface area contributed by atoms with Crippen LogP contribution in [0, 0.1) is 5.92 Å². The lowest BCUT2D eigenvalue weighted by Gasteiger charge is -2.24. The molecule has 0 unspecified atom stereocenters. The molecule has 1 rings (SSSR count). The van der Waals surface area contributed by atoms with E-state index >= 15 is 0 Å². The van der Waals surface area contributed by atoms with Gasteiger partial charge in [0.25, 0.3) is 0 Å². The quantitative estimate of drug-likeness (QED) is 0.785. The molecule has 0 aromatic carbocycles. The van der Waals surface area contributed by atoms with Crippen molar-refractivity contribution in [2.45, 2.75) is 32.0 Å². The van der Waals surface area contributed by atoms with Crippen molar-refractivity contribution in [3.05, 3.63) is 0 Å². The maximum absolute atomic E-state index is 12.4. The number of halogens is 3. The van der Waals surface area contributed by atoms with Gasteiger partial charge in [-0.3, -0.25) is 9.59 Å². The van der Waals surface area contributed by atoms with Gasteiger partial charge >= 0.3 is 6.18 Å². The molecule has 16 heavy (non-hydrogen) atoms. The zero-order valence-electron chi connectivity index (χ0n) is 8.75. The molecular formula is C9H13F3N2O2. The Labute approximate surface area is 90.6 Å². The first-order valence-electron chi connectivity index (χ1n) is 4.92. The molecule has 0 saturated carbocycles. The van der Waals surface area contributed by atoms with E-state index in [1.807, 2.05) is 0 Å². The molecule has 1 heterocycles. The molecule has 1 fully saturated rings. The number of primary amides is 1. The normalized spacial score (nSPS) is 23.6. The number of hydrogen-bond acceptors (Lipinski definition) is 2. The number of nitrogens with two attached hydrogens (primary N) is 1. The van der Waals surface area contributed by atoms with Crippen molar-refractivity contribution in [1.82, 2.24) is 4.90 Å². The van der Waals surface area contributed by atoms with Crippen molar-refractivity contribution in [1.29, 1.82) is 0 Å². The number of carbonyl (C=O) groups is 2. The fourth-order valence-corrected chi connectivity index (χ4v) is 1.83. The standard InChI is InChI=1S/C9H13F3N2O2/c1-2-6(8(13)16)14-4-5(3-7(14)15)9(10,11)12/h5-6H,2-4H2,1H3,(H2,13,16)/t5-,6-/m0/s1. The molecule has 0 aromatic heterocycles. The summed E-state index contributed by atoms with van der Waals surface area (Å²) in [6.07, 6.45) is -4.76. The molecule has 1 aliphatic heterocycles. The minimum Gasteiger partial charge on any atom is -0.368 e. The van der Waals surface area contributed by atoms with Crippen molar-refractivity contribution in [3.63, 3.8) is 0 Å². The molecule has 0 spiro atoms. The lowest BCUT2D eigenvalue weighted by atomic mass is 10.1. The van der Waals surface area contributed by atoms with E-state index in [2.05, 4.69) is 0 Å². The SMILES string of the molecule is CC[C@@H](C(N)=O)N1C[C@@H](C(F)(F)F)CC1=O. The molecule has 0 radical (unpaired) electrons. The van der Waals surface area contributed by atoms with Crippen LogP contribution >= 0.6 is 0 Å². The van der Waals surface area contributed by atoms with Gasteiger partial charge in [0.15, 0.2) is 0 Å². The van der Waals surface area contributed by atoms with Crippen LogP contribution in [0.1, 0.15) is 19.8 Å². The second-order valence-electron chi connectivity index (χ2n) is 3.82. The largest absolute Gasteiger partial charge is 0.394 e. The zero-order chi connectivity index (χ0) is 12.5. The topological polar surface area (TPSA) is 63.4 Å². The highest BCUT2D eigenvalue weighted by molar-refractivity contribution is 5.87. The third kappa shape index (κ3) is 2.45. The van der Waals surface area contributed by atoms with Crippen molar-refractivity contribution in [2.75, 3.05) is 6.54 Å². The van der Waals surface area contributed by atoms with Gasteiger partial charge in [0.2, 0.25) is 11.8 Å². The van der Waals surface area contributed by atoms with Crippen LogP contribution in [0.5, 0.6) is 0 Å². The van der Waals surface area contributed by atoms with Gasteiger partial charge in [0.05, 0.1) is 5.92 Å². The predicted octanol–water partition coefficient (Wildman–Crippen LogP) is 0.661. The van der Waals surface area contributed by atoms with Crippen LogP contribution in [0.15, 0.2) is 0 Å². The Balaban J connectivity index is 2.78. The first-order valence-corrected chi connectivity index (χ1v) is 4.92. The molecule has 0 bridgehead atoms. The van der Waals surface area contributed by atoms with Crippen LogP contribution in [-0.4, -0.2) is 35.5 Å². The summed E-state index contributed by atoms with van der Waals surface area (Å²) in [6.45, 7) is 1.13. The third-order valence-electron chi connectivity index (χ3n) is 2.71. The minimum atomic E-state index is -4.40. The van der Waals surface area contributed by atoms with E-state index in [4.69, 9.17) is 5.73 Å². The molecule has 7 heteroatoms. The van der Waals surface area contributed by atoms with Crippen LogP contribution in [-0.2, 0) is 9.59 Å². The van der Waals surface area contributed by atoms with Gasteiger partial charge in [-0.2, -0.15) is 13.2 Å². The molecule has 2 N–H and O–H groups in total. The second kappa shape index (κ2) is 4.31. The molecule has 4 nitrogen and oxygen atoms in total. The molecule has 1 aliphatic rings. The number of likely N-dealkylation sites (tertiary alicyclic amines) is 1. The fourth-order valence-electron chi connectivity index (χ4n) is 1.83. The lowest BCUT2D eigenvalue weighted by Crippen LogP contribution is -2.45. The molecule has 0 aromatic rings. The van der Waals surface area contributed by atoms with Crippen molar-refractivity contribution >= 4 is 11.8 Å². The average Bonchev–Trinajstić information content (AvgIpc) is 2.48. The highest BCUT2D eigenvalue weighted by Gasteiger charge is 2.48. The zero-order valence-corrected chi connectivity index (χ0v) is 8.75. The van der Waals surface area contributed by atoms with Crippen LogP contribution in [0.25, 0.3) is 0 Å². The summed E-state index contributed by atoms with van der Waals surface area (Å²) in [5.41, 5.74) is 5.03. The van der Waals surface area contributed by atoms with Gasteiger partial charge in [0, 0.05) is 13.0 Å². The summed E-state index contributed by atoms with van der Waals surface area (Å²) >= 11 is 0. The summed E-state index contributed by atoms with van der Waals surface area (Å²) in [7, 11) is 0. The number of carbonyl (C=O) groups excluding carboxylic acids is 2. The predicted molar refractivity (Wildman–Crippen MR) is 49.1 cm³/mol. The molecule has 1 saturated heterocycles. The van der Waals surface area contributed by atoms with Crippen LogP contribution in [0.4, 0.5) is 13.2 Å². The van der Waals surface area contributed by atoms with E-state index in [0.717, 1.165) is 4.90 Å². The van der Waals surface area contributed by atoms with E-state index in [1.165, 1.54) is 0 Å². The number of hydrogen-bond donors (Lipinski definition) is 1. The molecular weight excluding hydrogens is 225 g/mol. The first kappa shape index (κ1) is 12.8. The first-order chi connectivity index (χ1) is 7.27. The van der Waals surface area contributed by atoms with Crippen LogP contribution < -0.4 is 5.73 Å². The Morgan fingerprint density at radius 3 is 2.50 bits per heavy atom. The third-order valence-corrected chi connectivity index (χ3v) is 2.71. The average molecular weight is 238 g/mol. The van der Waals surface area contributed by atoms with Crippen LogP contribution in [0.2, 0.25) is 0 Å². The monoisotopic (exact) mass is 238 g/mol. The Hall–Kier alpha value is -1.27. The Morgan fingerprint density at radius 2 is 2.19 bits per heavy atom. The number of amides is 2. The van der Waals surface area contributed by atoms with E-state index < -0.39 is 42.9 Å². The van der Waals surface area contributed by atoms with Gasteiger partial charge in [-0.25, -0.2) is 0 Å². The van der Waals surface area contributed by atoms with E-state index in [1.54, 1.807) is 6.92 Å². The summed E-state index contributed by atoms with van der Waals surface area (Å²) in [6, 6.07) is -0.931. The Morgan fingerprint density at radius 1 is 1.62 bits per heavy atom. The Bertz CT molecular complexity index is 304. The van der Waals surface area contributed by atoms with Crippen molar-refractivity contribution in [2.24, 2.45) is 11.7 Å². The molecule has 2 atom stereocenters. The summed E-state index contributed by atoms with van der Waals surface area (Å²) in [4.78, 5) is 23.3. The summed E-state index contributed by atoms with van der Waals surface area (Å²) in [5, 5.41) is 0. The van der Waals surface area contributed by atoms with Crippen LogP contribution in [0.3, 0.4) is 0 Å². The van der Waals surface area contributed by atoms with Crippen molar-refractivity contribution < 1.29 is 22.8 Å². The smallest absolute Gasteiger partial charge is 0.368 e. The van der Waals surface area contributed by atoms with Gasteiger partial charge in [-0.05, 0) is 6.42 Å². The minimum absolute atomic E-state index is 0.228. The van der Waals surface area contributed by atoms with Crippen molar-refractivity contribution in [3.8, 4) is 0 Å². The summed E-state index contributed by atoms with van der Waals surface area (Å²) in [5.74, 6) is -3.11. The highest BCUT2D eigenvalue weighted by atomic mass is 19.4. The number of rotatable bonds is 3. The highest BCUT2D eigenvalue weighted by Crippen LogP contribution is 2.35. The van der Waals surface area contributed by atoms with E-state index in [9.17, 15) is 22.8 Å². The molecule has 0 aliphatic carbocycles. The maximum Gasteiger partial charge on any atom is 0.394 e. The lowest BCUT2D eigenvalue weighted by molar-refractivity contribution is -0.171. The van der Waals surface area contributed by atoms with E-state index in [0.29, 0.717) is 0 Å². The van der Waals surface area contributed by atoms with Gasteiger partial charge in [0.1, 0.15) is 6.04 Å². The Kier molecular flexibility index (Phi) is 3.44. The van der Waals surface area contributed by atoms with Gasteiger partial charge in [-0.1, -0.05) is 6.92 Å². The van der Waals surface area contributed by atoms with E-state index in [-0.39, 0.29) is 6.42 Å². The number of alkyl halides is 3. The fraction of sp³-hybridized carbons (Fsp3) is 0.778.